The van der Waals surface area contributed by atoms with Crippen LogP contribution in [0.15, 0.2) is 36.4 Å². The Kier molecular flexibility index (Phi) is 4.83. The molecule has 1 fully saturated rings. The van der Waals surface area contributed by atoms with Crippen LogP contribution in [0.25, 0.3) is 20.1 Å². The largest absolute Gasteiger partial charge is 0.334 e. The van der Waals surface area contributed by atoms with Crippen molar-refractivity contribution < 1.29 is 4.79 Å². The number of para-hydroxylation sites is 1. The predicted octanol–water partition coefficient (Wildman–Crippen LogP) is 4.24. The predicted molar refractivity (Wildman–Crippen MR) is 106 cm³/mol. The second-order valence-electron chi connectivity index (χ2n) is 6.30. The monoisotopic (exact) mass is 371 g/mol. The fourth-order valence-corrected chi connectivity index (χ4v) is 5.27. The summed E-state index contributed by atoms with van der Waals surface area (Å²) in [6, 6.07) is 12.5. The van der Waals surface area contributed by atoms with E-state index in [1.54, 1.807) is 22.7 Å². The Labute approximate surface area is 155 Å². The van der Waals surface area contributed by atoms with E-state index in [0.29, 0.717) is 6.04 Å². The summed E-state index contributed by atoms with van der Waals surface area (Å²) in [5.41, 5.74) is 1.02. The third kappa shape index (κ3) is 3.34. The molecule has 1 aromatic carbocycles. The first-order valence-electron chi connectivity index (χ1n) is 8.73. The highest BCUT2D eigenvalue weighted by atomic mass is 32.1. The van der Waals surface area contributed by atoms with E-state index < -0.39 is 0 Å². The smallest absolute Gasteiger partial charge is 0.264 e. The number of aromatic nitrogens is 1. The van der Waals surface area contributed by atoms with Crippen molar-refractivity contribution in [1.82, 2.24) is 15.2 Å². The molecule has 0 saturated carbocycles. The minimum Gasteiger partial charge on any atom is -0.334 e. The molecular weight excluding hydrogens is 350 g/mol. The van der Waals surface area contributed by atoms with Gasteiger partial charge in [0.05, 0.1) is 20.0 Å². The molecule has 0 radical (unpaired) electrons. The van der Waals surface area contributed by atoms with Gasteiger partial charge in [0.15, 0.2) is 0 Å². The van der Waals surface area contributed by atoms with E-state index in [9.17, 15) is 4.79 Å². The number of amides is 1. The third-order valence-electron chi connectivity index (χ3n) is 4.52. The lowest BCUT2D eigenvalue weighted by Gasteiger charge is -2.27. The number of nitrogens with zero attached hydrogens (tertiary/aromatic N) is 2. The molecule has 6 heteroatoms. The van der Waals surface area contributed by atoms with E-state index in [1.165, 1.54) is 4.70 Å². The van der Waals surface area contributed by atoms with Crippen molar-refractivity contribution in [3.05, 3.63) is 41.3 Å². The van der Waals surface area contributed by atoms with Gasteiger partial charge in [0, 0.05) is 19.1 Å². The van der Waals surface area contributed by atoms with Gasteiger partial charge in [-0.3, -0.25) is 4.79 Å². The fraction of sp³-hybridized carbons (Fsp3) is 0.368. The number of carbonyl (C=O) groups is 1. The van der Waals surface area contributed by atoms with Gasteiger partial charge in [-0.2, -0.15) is 0 Å². The van der Waals surface area contributed by atoms with Crippen LogP contribution in [-0.2, 0) is 0 Å². The zero-order valence-electron chi connectivity index (χ0n) is 14.2. The van der Waals surface area contributed by atoms with Crippen LogP contribution in [0.5, 0.6) is 0 Å². The van der Waals surface area contributed by atoms with Gasteiger partial charge in [0.1, 0.15) is 5.01 Å². The van der Waals surface area contributed by atoms with Gasteiger partial charge in [0.25, 0.3) is 5.91 Å². The highest BCUT2D eigenvalue weighted by molar-refractivity contribution is 7.26. The highest BCUT2D eigenvalue weighted by Crippen LogP contribution is 2.35. The zero-order valence-corrected chi connectivity index (χ0v) is 15.8. The normalized spacial score (nSPS) is 17.2. The van der Waals surface area contributed by atoms with E-state index in [-0.39, 0.29) is 5.91 Å². The first-order valence-corrected chi connectivity index (χ1v) is 10.4. The molecule has 1 aliphatic heterocycles. The van der Waals surface area contributed by atoms with Crippen LogP contribution in [0.1, 0.15) is 29.4 Å². The third-order valence-corrected chi connectivity index (χ3v) is 6.80. The molecule has 1 aliphatic rings. The number of benzene rings is 1. The van der Waals surface area contributed by atoms with E-state index in [1.807, 2.05) is 35.2 Å². The molecule has 1 amide bonds. The lowest BCUT2D eigenvalue weighted by atomic mass is 10.2. The van der Waals surface area contributed by atoms with Gasteiger partial charge in [-0.15, -0.1) is 22.7 Å². The summed E-state index contributed by atoms with van der Waals surface area (Å²) >= 11 is 3.24. The molecule has 130 valence electrons. The number of hydrogen-bond acceptors (Lipinski definition) is 5. The number of carbonyl (C=O) groups excluding carboxylic acids is 1. The summed E-state index contributed by atoms with van der Waals surface area (Å²) in [7, 11) is 0. The van der Waals surface area contributed by atoms with Crippen molar-refractivity contribution >= 4 is 38.8 Å². The van der Waals surface area contributed by atoms with Crippen LogP contribution in [0.3, 0.4) is 0 Å². The second-order valence-corrected chi connectivity index (χ2v) is 8.41. The standard InChI is InChI=1S/C19H21N3OS2/c1-2-11-22(13-9-10-20-12-13)19(23)17-8-7-16(24-17)18-21-14-5-3-4-6-15(14)25-18/h3-8,13,20H,2,9-12H2,1H3. The summed E-state index contributed by atoms with van der Waals surface area (Å²) in [5, 5.41) is 4.36. The average molecular weight is 372 g/mol. The highest BCUT2D eigenvalue weighted by Gasteiger charge is 2.27. The molecule has 4 rings (SSSR count). The van der Waals surface area contributed by atoms with Crippen molar-refractivity contribution in [3.63, 3.8) is 0 Å². The fourth-order valence-electron chi connectivity index (χ4n) is 3.28. The first kappa shape index (κ1) is 16.7. The molecule has 0 bridgehead atoms. The molecule has 3 aromatic rings. The quantitative estimate of drug-likeness (QED) is 0.730. The summed E-state index contributed by atoms with van der Waals surface area (Å²) in [4.78, 5) is 21.7. The molecule has 1 atom stereocenters. The molecule has 1 saturated heterocycles. The van der Waals surface area contributed by atoms with Crippen LogP contribution in [0, 0.1) is 0 Å². The molecule has 25 heavy (non-hydrogen) atoms. The van der Waals surface area contributed by atoms with E-state index in [0.717, 1.165) is 52.8 Å². The molecule has 1 unspecified atom stereocenters. The van der Waals surface area contributed by atoms with Crippen LogP contribution in [-0.4, -0.2) is 41.5 Å². The lowest BCUT2D eigenvalue weighted by Crippen LogP contribution is -2.41. The maximum atomic E-state index is 13.0. The van der Waals surface area contributed by atoms with Gasteiger partial charge >= 0.3 is 0 Å². The summed E-state index contributed by atoms with van der Waals surface area (Å²) in [5.74, 6) is 0.160. The average Bonchev–Trinajstić information content (AvgIpc) is 3.38. The van der Waals surface area contributed by atoms with Crippen LogP contribution < -0.4 is 5.32 Å². The van der Waals surface area contributed by atoms with E-state index in [2.05, 4.69) is 18.3 Å². The number of fused-ring (bicyclic) bond motifs is 1. The minimum absolute atomic E-state index is 0.160. The van der Waals surface area contributed by atoms with E-state index in [4.69, 9.17) is 4.98 Å². The summed E-state index contributed by atoms with van der Waals surface area (Å²) in [6.45, 7) is 4.85. The van der Waals surface area contributed by atoms with Crippen molar-refractivity contribution in [2.24, 2.45) is 0 Å². The number of thiazole rings is 1. The maximum Gasteiger partial charge on any atom is 0.264 e. The topological polar surface area (TPSA) is 45.2 Å². The van der Waals surface area contributed by atoms with Crippen LogP contribution >= 0.6 is 22.7 Å². The van der Waals surface area contributed by atoms with Crippen LogP contribution in [0.2, 0.25) is 0 Å². The Morgan fingerprint density at radius 1 is 1.28 bits per heavy atom. The van der Waals surface area contributed by atoms with Gasteiger partial charge in [0.2, 0.25) is 0 Å². The Balaban J connectivity index is 1.59. The summed E-state index contributed by atoms with van der Waals surface area (Å²) < 4.78 is 1.18. The van der Waals surface area contributed by atoms with Gasteiger partial charge in [-0.1, -0.05) is 19.1 Å². The van der Waals surface area contributed by atoms with Crippen molar-refractivity contribution in [2.45, 2.75) is 25.8 Å². The van der Waals surface area contributed by atoms with Gasteiger partial charge < -0.3 is 10.2 Å². The molecule has 0 spiro atoms. The van der Waals surface area contributed by atoms with Crippen molar-refractivity contribution in [3.8, 4) is 9.88 Å². The Morgan fingerprint density at radius 3 is 2.92 bits per heavy atom. The molecular formula is C19H21N3OS2. The molecule has 2 aromatic heterocycles. The lowest BCUT2D eigenvalue weighted by molar-refractivity contribution is 0.0697. The Hall–Kier alpha value is -1.76. The first-order chi connectivity index (χ1) is 12.3. The van der Waals surface area contributed by atoms with Crippen LogP contribution in [0.4, 0.5) is 0 Å². The Morgan fingerprint density at radius 2 is 2.16 bits per heavy atom. The van der Waals surface area contributed by atoms with Crippen molar-refractivity contribution in [1.29, 1.82) is 0 Å². The Bertz CT molecular complexity index is 847. The SMILES string of the molecule is CCCN(C(=O)c1ccc(-c2nc3ccccc3s2)s1)C1CCNC1. The van der Waals surface area contributed by atoms with Crippen molar-refractivity contribution in [2.75, 3.05) is 19.6 Å². The number of nitrogens with one attached hydrogen (secondary N) is 1. The minimum atomic E-state index is 0.160. The number of rotatable bonds is 5. The van der Waals surface area contributed by atoms with E-state index >= 15 is 0 Å². The molecule has 1 N–H and O–H groups in total. The molecule has 0 aliphatic carbocycles. The maximum absolute atomic E-state index is 13.0. The van der Waals surface area contributed by atoms with Gasteiger partial charge in [-0.05, 0) is 43.7 Å². The number of thiophene rings is 1. The number of hydrogen-bond donors (Lipinski definition) is 1. The summed E-state index contributed by atoms with van der Waals surface area (Å²) in [6.07, 6.45) is 2.03. The molecule has 4 nitrogen and oxygen atoms in total. The zero-order chi connectivity index (χ0) is 17.2. The second kappa shape index (κ2) is 7.23. The molecule has 3 heterocycles. The van der Waals surface area contributed by atoms with Gasteiger partial charge in [-0.25, -0.2) is 4.98 Å².